The van der Waals surface area contributed by atoms with Crippen molar-refractivity contribution in [2.24, 2.45) is 5.73 Å². The lowest BCUT2D eigenvalue weighted by molar-refractivity contribution is -0.134. The van der Waals surface area contributed by atoms with Crippen molar-refractivity contribution in [2.45, 2.75) is 19.3 Å². The molecule has 5 nitrogen and oxygen atoms in total. The average molecular weight is 548 g/mol. The first-order valence-corrected chi connectivity index (χ1v) is 15.4. The van der Waals surface area contributed by atoms with Gasteiger partial charge in [-0.05, 0) is 61.4 Å². The summed E-state index contributed by atoms with van der Waals surface area (Å²) in [5.74, 6) is 0.194. The number of benzene rings is 5. The number of rotatable bonds is 10. The number of hydrogen-bond donors (Lipinski definition) is 2. The van der Waals surface area contributed by atoms with Gasteiger partial charge in [0.05, 0.1) is 11.8 Å². The average Bonchev–Trinajstić information content (AvgIpc) is 3.00. The highest BCUT2D eigenvalue weighted by atomic mass is 31.2. The second-order valence-electron chi connectivity index (χ2n) is 9.62. The quantitative estimate of drug-likeness (QED) is 0.0919. The molecule has 2 amide bonds. The van der Waals surface area contributed by atoms with Gasteiger partial charge < -0.3 is 15.8 Å². The van der Waals surface area contributed by atoms with E-state index < -0.39 is 13.3 Å². The lowest BCUT2D eigenvalue weighted by atomic mass is 10.1. The Morgan fingerprint density at radius 3 is 1.65 bits per heavy atom. The molecule has 0 heterocycles. The van der Waals surface area contributed by atoms with Crippen LogP contribution in [0, 0.1) is 0 Å². The Kier molecular flexibility index (Phi) is 8.53. The molecule has 6 heteroatoms. The molecule has 200 valence electrons. The SMILES string of the molecule is NC(=O)Nc1ccc(OC(=O)CCCC[P+](c2ccccc2)(c2ccccc2)c2ccccc2)c2ccccc12. The van der Waals surface area contributed by atoms with Crippen molar-refractivity contribution >= 4 is 51.6 Å². The second kappa shape index (κ2) is 12.6. The van der Waals surface area contributed by atoms with E-state index in [4.69, 9.17) is 10.5 Å². The Labute approximate surface area is 235 Å². The zero-order valence-corrected chi connectivity index (χ0v) is 23.1. The number of primary amides is 1. The van der Waals surface area contributed by atoms with Crippen molar-refractivity contribution in [2.75, 3.05) is 11.5 Å². The third-order valence-corrected chi connectivity index (χ3v) is 11.6. The number of ether oxygens (including phenoxy) is 1. The van der Waals surface area contributed by atoms with Gasteiger partial charge in [0.25, 0.3) is 0 Å². The summed E-state index contributed by atoms with van der Waals surface area (Å²) in [6.07, 6.45) is 2.86. The van der Waals surface area contributed by atoms with Gasteiger partial charge in [-0.3, -0.25) is 4.79 Å². The fourth-order valence-electron chi connectivity index (χ4n) is 5.28. The van der Waals surface area contributed by atoms with Crippen molar-refractivity contribution in [3.8, 4) is 5.75 Å². The molecular formula is C34H32N2O3P+. The van der Waals surface area contributed by atoms with Crippen LogP contribution in [0.4, 0.5) is 10.5 Å². The Hall–Kier alpha value is -4.47. The van der Waals surface area contributed by atoms with Crippen LogP contribution >= 0.6 is 7.26 Å². The molecule has 40 heavy (non-hydrogen) atoms. The van der Waals surface area contributed by atoms with Crippen LogP contribution in [0.3, 0.4) is 0 Å². The van der Waals surface area contributed by atoms with Crippen molar-refractivity contribution < 1.29 is 14.3 Å². The summed E-state index contributed by atoms with van der Waals surface area (Å²) < 4.78 is 5.80. The number of anilines is 1. The molecule has 0 aliphatic rings. The normalized spacial score (nSPS) is 11.2. The van der Waals surface area contributed by atoms with E-state index in [2.05, 4.69) is 96.3 Å². The summed E-state index contributed by atoms with van der Waals surface area (Å²) in [6, 6.07) is 42.5. The van der Waals surface area contributed by atoms with E-state index in [0.29, 0.717) is 24.3 Å². The highest BCUT2D eigenvalue weighted by Crippen LogP contribution is 2.56. The van der Waals surface area contributed by atoms with E-state index >= 15 is 0 Å². The lowest BCUT2D eigenvalue weighted by Crippen LogP contribution is -2.33. The van der Waals surface area contributed by atoms with Crippen LogP contribution < -0.4 is 31.7 Å². The van der Waals surface area contributed by atoms with Gasteiger partial charge in [0.2, 0.25) is 0 Å². The number of carbonyl (C=O) groups excluding carboxylic acids is 2. The maximum absolute atomic E-state index is 13.0. The first kappa shape index (κ1) is 27.1. The molecule has 0 radical (unpaired) electrons. The number of nitrogens with two attached hydrogens (primary N) is 1. The fraction of sp³-hybridized carbons (Fsp3) is 0.118. The number of unbranched alkanes of at least 4 members (excludes halogenated alkanes) is 1. The van der Waals surface area contributed by atoms with Gasteiger partial charge in [-0.25, -0.2) is 4.79 Å². The van der Waals surface area contributed by atoms with E-state index in [9.17, 15) is 9.59 Å². The minimum Gasteiger partial charge on any atom is -0.426 e. The fourth-order valence-corrected chi connectivity index (χ4v) is 9.69. The predicted octanol–water partition coefficient (Wildman–Crippen LogP) is 6.40. The highest BCUT2D eigenvalue weighted by molar-refractivity contribution is 7.95. The van der Waals surface area contributed by atoms with Crippen LogP contribution in [0.25, 0.3) is 10.8 Å². The zero-order valence-electron chi connectivity index (χ0n) is 22.2. The topological polar surface area (TPSA) is 81.4 Å². The van der Waals surface area contributed by atoms with Crippen LogP contribution in [-0.4, -0.2) is 18.2 Å². The summed E-state index contributed by atoms with van der Waals surface area (Å²) >= 11 is 0. The van der Waals surface area contributed by atoms with E-state index in [-0.39, 0.29) is 5.97 Å². The largest absolute Gasteiger partial charge is 0.426 e. The van der Waals surface area contributed by atoms with Crippen LogP contribution in [0.15, 0.2) is 127 Å². The smallest absolute Gasteiger partial charge is 0.316 e. The summed E-state index contributed by atoms with van der Waals surface area (Å²) in [5.41, 5.74) is 5.89. The van der Waals surface area contributed by atoms with Gasteiger partial charge in [-0.1, -0.05) is 78.9 Å². The first-order chi connectivity index (χ1) is 19.6. The zero-order chi connectivity index (χ0) is 27.8. The summed E-state index contributed by atoms with van der Waals surface area (Å²) in [7, 11) is -1.93. The van der Waals surface area contributed by atoms with Gasteiger partial charge >= 0.3 is 12.0 Å². The van der Waals surface area contributed by atoms with Gasteiger partial charge in [0.1, 0.15) is 28.9 Å². The summed E-state index contributed by atoms with van der Waals surface area (Å²) in [6.45, 7) is 0. The van der Waals surface area contributed by atoms with Crippen LogP contribution in [-0.2, 0) is 4.79 Å². The number of esters is 1. The molecule has 0 atom stereocenters. The van der Waals surface area contributed by atoms with E-state index in [0.717, 1.165) is 23.4 Å². The van der Waals surface area contributed by atoms with Crippen molar-refractivity contribution in [1.29, 1.82) is 0 Å². The van der Waals surface area contributed by atoms with Gasteiger partial charge in [0, 0.05) is 17.2 Å². The number of amides is 2. The predicted molar refractivity (Wildman–Crippen MR) is 167 cm³/mol. The Morgan fingerprint density at radius 1 is 0.625 bits per heavy atom. The maximum Gasteiger partial charge on any atom is 0.316 e. The van der Waals surface area contributed by atoms with Gasteiger partial charge in [-0.2, -0.15) is 0 Å². The molecule has 5 aromatic rings. The Balaban J connectivity index is 1.34. The van der Waals surface area contributed by atoms with Crippen LogP contribution in [0.5, 0.6) is 5.75 Å². The van der Waals surface area contributed by atoms with Crippen molar-refractivity contribution in [3.05, 3.63) is 127 Å². The molecule has 5 rings (SSSR count). The molecule has 0 spiro atoms. The van der Waals surface area contributed by atoms with Crippen LogP contribution in [0.2, 0.25) is 0 Å². The molecule has 5 aromatic carbocycles. The minimum atomic E-state index is -1.93. The van der Waals surface area contributed by atoms with E-state index in [1.165, 1.54) is 15.9 Å². The molecule has 0 saturated heterocycles. The van der Waals surface area contributed by atoms with Crippen LogP contribution in [0.1, 0.15) is 19.3 Å². The summed E-state index contributed by atoms with van der Waals surface area (Å²) in [4.78, 5) is 24.3. The monoisotopic (exact) mass is 547 g/mol. The molecule has 3 N–H and O–H groups in total. The lowest BCUT2D eigenvalue weighted by Gasteiger charge is -2.27. The standard InChI is InChI=1S/C34H31N2O3P/c35-34(38)36-31-23-24-32(30-21-11-10-20-29(30)31)39-33(37)22-12-13-25-40(26-14-4-1-5-15-26,27-16-6-2-7-17-27)28-18-8-3-9-19-28/h1-11,14-21,23-24H,12-13,22,25H2,(H2-,35,36,38)/p+1. The number of carbonyl (C=O) groups is 2. The number of nitrogens with one attached hydrogen (secondary N) is 1. The maximum atomic E-state index is 13.0. The molecule has 0 aliphatic heterocycles. The van der Waals surface area contributed by atoms with E-state index in [1.54, 1.807) is 12.1 Å². The number of urea groups is 1. The Morgan fingerprint density at radius 2 is 1.12 bits per heavy atom. The number of hydrogen-bond acceptors (Lipinski definition) is 3. The molecule has 0 fully saturated rings. The Bertz CT molecular complexity index is 1500. The minimum absolute atomic E-state index is 0.274. The second-order valence-corrected chi connectivity index (χ2v) is 13.2. The summed E-state index contributed by atoms with van der Waals surface area (Å²) in [5, 5.41) is 8.14. The molecule has 0 aromatic heterocycles. The third-order valence-electron chi connectivity index (χ3n) is 7.08. The first-order valence-electron chi connectivity index (χ1n) is 13.4. The van der Waals surface area contributed by atoms with Gasteiger partial charge in [-0.15, -0.1) is 0 Å². The number of fused-ring (bicyclic) bond motifs is 1. The molecular weight excluding hydrogens is 515 g/mol. The molecule has 0 saturated carbocycles. The molecule has 0 bridgehead atoms. The van der Waals surface area contributed by atoms with Crippen molar-refractivity contribution in [1.82, 2.24) is 0 Å². The van der Waals surface area contributed by atoms with Gasteiger partial charge in [0.15, 0.2) is 0 Å². The molecule has 0 aliphatic carbocycles. The third kappa shape index (κ3) is 5.90. The van der Waals surface area contributed by atoms with Crippen molar-refractivity contribution in [3.63, 3.8) is 0 Å². The molecule has 0 unspecified atom stereocenters. The van der Waals surface area contributed by atoms with E-state index in [1.807, 2.05) is 24.3 Å². The highest BCUT2D eigenvalue weighted by Gasteiger charge is 2.44.